The van der Waals surface area contributed by atoms with Gasteiger partial charge < -0.3 is 14.6 Å². The number of aliphatic hydroxyl groups is 2. The van der Waals surface area contributed by atoms with Crippen molar-refractivity contribution in [2.24, 2.45) is 22.7 Å². The fourth-order valence-electron chi connectivity index (χ4n) is 6.31. The monoisotopic (exact) mass is 338 g/mol. The third-order valence-electron chi connectivity index (χ3n) is 8.90. The molecule has 2 bridgehead atoms. The van der Waals surface area contributed by atoms with Crippen molar-refractivity contribution in [2.45, 2.75) is 89.1 Å². The summed E-state index contributed by atoms with van der Waals surface area (Å²) < 4.78 is 6.67. The Labute approximate surface area is 141 Å². The number of rotatable bonds is 3. The average molecular weight is 339 g/mol. The first kappa shape index (κ1) is 16.6. The van der Waals surface area contributed by atoms with E-state index in [-0.39, 0.29) is 10.5 Å². The summed E-state index contributed by atoms with van der Waals surface area (Å²) in [6, 6.07) is 0. The molecule has 0 aliphatic heterocycles. The van der Waals surface area contributed by atoms with E-state index in [1.807, 2.05) is 0 Å². The smallest absolute Gasteiger partial charge is 0.192 e. The van der Waals surface area contributed by atoms with E-state index < -0.39 is 20.0 Å². The second kappa shape index (κ2) is 4.43. The molecule has 4 heteroatoms. The van der Waals surface area contributed by atoms with Gasteiger partial charge in [0.15, 0.2) is 8.32 Å². The molecule has 2 N–H and O–H groups in total. The van der Waals surface area contributed by atoms with Crippen LogP contribution in [0, 0.1) is 22.7 Å². The van der Waals surface area contributed by atoms with E-state index in [4.69, 9.17) is 4.43 Å². The van der Waals surface area contributed by atoms with Gasteiger partial charge in [0.25, 0.3) is 0 Å². The van der Waals surface area contributed by atoms with Gasteiger partial charge in [0.2, 0.25) is 0 Å². The molecule has 3 nitrogen and oxygen atoms in total. The van der Waals surface area contributed by atoms with E-state index in [9.17, 15) is 10.2 Å². The summed E-state index contributed by atoms with van der Waals surface area (Å²) in [5.74, 6) is 0.974. The Balaban J connectivity index is 1.59. The lowest BCUT2D eigenvalue weighted by atomic mass is 9.79. The highest BCUT2D eigenvalue weighted by Crippen LogP contribution is 2.86. The van der Waals surface area contributed by atoms with Crippen molar-refractivity contribution in [3.8, 4) is 0 Å². The Morgan fingerprint density at radius 2 is 1.87 bits per heavy atom. The van der Waals surface area contributed by atoms with Crippen molar-refractivity contribution in [3.05, 3.63) is 0 Å². The standard InChI is InChI=1S/C19H34O3Si/c1-16(2,3)23(4,5)22-12-18-11-17(18)8-9-19(21)14(17)10-13(18)6-7-15(19)20/h13-15,20-21H,6-12H2,1-5H3/t13-,14-,15+,17+,18+,19-/m0/s1. The fraction of sp³-hybridized carbons (Fsp3) is 1.00. The summed E-state index contributed by atoms with van der Waals surface area (Å²) in [5.41, 5.74) is -0.196. The van der Waals surface area contributed by atoms with E-state index in [1.165, 1.54) is 6.42 Å². The minimum absolute atomic E-state index is 0.253. The van der Waals surface area contributed by atoms with Crippen molar-refractivity contribution in [3.63, 3.8) is 0 Å². The molecule has 0 aromatic rings. The van der Waals surface area contributed by atoms with Crippen LogP contribution in [0.15, 0.2) is 0 Å². The second-order valence-corrected chi connectivity index (χ2v) is 15.4. The molecule has 0 aromatic carbocycles. The van der Waals surface area contributed by atoms with Crippen LogP contribution in [0.5, 0.6) is 0 Å². The first-order chi connectivity index (χ1) is 10.5. The maximum atomic E-state index is 11.1. The molecular formula is C19H34O3Si. The summed E-state index contributed by atoms with van der Waals surface area (Å²) in [4.78, 5) is 0. The van der Waals surface area contributed by atoms with Crippen LogP contribution in [0.4, 0.5) is 0 Å². The maximum absolute atomic E-state index is 11.1. The summed E-state index contributed by atoms with van der Waals surface area (Å²) in [7, 11) is -1.73. The summed E-state index contributed by atoms with van der Waals surface area (Å²) >= 11 is 0. The van der Waals surface area contributed by atoms with Gasteiger partial charge in [-0.25, -0.2) is 0 Å². The van der Waals surface area contributed by atoms with E-state index in [2.05, 4.69) is 33.9 Å². The first-order valence-electron chi connectivity index (χ1n) is 9.53. The Kier molecular flexibility index (Phi) is 3.19. The molecule has 4 fully saturated rings. The Bertz CT molecular complexity index is 527. The van der Waals surface area contributed by atoms with Gasteiger partial charge in [-0.15, -0.1) is 0 Å². The predicted molar refractivity (Wildman–Crippen MR) is 93.7 cm³/mol. The number of hydrogen-bond donors (Lipinski definition) is 2. The van der Waals surface area contributed by atoms with Crippen molar-refractivity contribution < 1.29 is 14.6 Å². The summed E-state index contributed by atoms with van der Waals surface area (Å²) in [5, 5.41) is 21.9. The number of fused-ring (bicyclic) bond motifs is 2. The van der Waals surface area contributed by atoms with Gasteiger partial charge >= 0.3 is 0 Å². The molecule has 0 saturated heterocycles. The largest absolute Gasteiger partial charge is 0.416 e. The zero-order valence-corrected chi connectivity index (χ0v) is 16.5. The third-order valence-corrected chi connectivity index (χ3v) is 13.4. The minimum Gasteiger partial charge on any atom is -0.416 e. The molecule has 0 unspecified atom stereocenters. The maximum Gasteiger partial charge on any atom is 0.192 e. The van der Waals surface area contributed by atoms with Gasteiger partial charge in [-0.3, -0.25) is 0 Å². The van der Waals surface area contributed by atoms with Gasteiger partial charge in [-0.2, -0.15) is 0 Å². The SMILES string of the molecule is CC(C)(C)[Si](C)(C)OC[C@@]12C[C@@]13CC[C@@]1(O)[C@H](O)CC[C@H]2C[C@H]13. The molecule has 4 rings (SSSR count). The highest BCUT2D eigenvalue weighted by Gasteiger charge is 2.83. The van der Waals surface area contributed by atoms with Crippen LogP contribution < -0.4 is 0 Å². The normalized spacial score (nSPS) is 51.5. The zero-order chi connectivity index (χ0) is 16.9. The van der Waals surface area contributed by atoms with Gasteiger partial charge in [0.1, 0.15) is 0 Å². The van der Waals surface area contributed by atoms with Crippen LogP contribution in [-0.2, 0) is 4.43 Å². The molecule has 0 aromatic heterocycles. The van der Waals surface area contributed by atoms with E-state index in [0.717, 1.165) is 38.7 Å². The van der Waals surface area contributed by atoms with E-state index in [1.54, 1.807) is 0 Å². The Morgan fingerprint density at radius 1 is 1.17 bits per heavy atom. The van der Waals surface area contributed by atoms with Crippen LogP contribution >= 0.6 is 0 Å². The fourth-order valence-corrected chi connectivity index (χ4v) is 7.36. The van der Waals surface area contributed by atoms with E-state index in [0.29, 0.717) is 17.3 Å². The van der Waals surface area contributed by atoms with Crippen LogP contribution in [0.1, 0.15) is 59.3 Å². The highest BCUT2D eigenvalue weighted by atomic mass is 28.4. The molecule has 4 saturated carbocycles. The summed E-state index contributed by atoms with van der Waals surface area (Å²) in [6.07, 6.45) is 5.60. The van der Waals surface area contributed by atoms with Crippen LogP contribution in [0.25, 0.3) is 0 Å². The van der Waals surface area contributed by atoms with Gasteiger partial charge in [-0.1, -0.05) is 20.8 Å². The minimum atomic E-state index is -1.73. The Morgan fingerprint density at radius 3 is 2.52 bits per heavy atom. The van der Waals surface area contributed by atoms with Crippen molar-refractivity contribution in [1.82, 2.24) is 0 Å². The molecule has 1 spiro atoms. The molecule has 6 atom stereocenters. The molecule has 132 valence electrons. The Hall–Kier alpha value is 0.0969. The van der Waals surface area contributed by atoms with Crippen LogP contribution in [0.2, 0.25) is 18.1 Å². The molecule has 4 aliphatic carbocycles. The quantitative estimate of drug-likeness (QED) is 0.772. The number of hydrogen-bond acceptors (Lipinski definition) is 3. The van der Waals surface area contributed by atoms with Crippen molar-refractivity contribution in [1.29, 1.82) is 0 Å². The number of aliphatic hydroxyl groups excluding tert-OH is 1. The predicted octanol–water partition coefficient (Wildman–Crippen LogP) is 3.70. The molecular weight excluding hydrogens is 304 g/mol. The van der Waals surface area contributed by atoms with Gasteiger partial charge in [0, 0.05) is 12.0 Å². The molecule has 0 radical (unpaired) electrons. The zero-order valence-electron chi connectivity index (χ0n) is 15.5. The molecule has 0 heterocycles. The molecule has 4 aliphatic rings. The van der Waals surface area contributed by atoms with Crippen LogP contribution in [-0.4, -0.2) is 36.8 Å². The lowest BCUT2D eigenvalue weighted by molar-refractivity contribution is -0.105. The second-order valence-electron chi connectivity index (χ2n) is 10.6. The first-order valence-corrected chi connectivity index (χ1v) is 12.4. The van der Waals surface area contributed by atoms with Crippen molar-refractivity contribution in [2.75, 3.05) is 6.61 Å². The average Bonchev–Trinajstić information content (AvgIpc) is 2.92. The van der Waals surface area contributed by atoms with Crippen LogP contribution in [0.3, 0.4) is 0 Å². The highest BCUT2D eigenvalue weighted by molar-refractivity contribution is 6.74. The third kappa shape index (κ3) is 1.87. The summed E-state index contributed by atoms with van der Waals surface area (Å²) in [6.45, 7) is 12.5. The van der Waals surface area contributed by atoms with Crippen molar-refractivity contribution >= 4 is 8.32 Å². The van der Waals surface area contributed by atoms with Gasteiger partial charge in [0.05, 0.1) is 11.7 Å². The molecule has 23 heavy (non-hydrogen) atoms. The van der Waals surface area contributed by atoms with E-state index >= 15 is 0 Å². The lowest BCUT2D eigenvalue weighted by Gasteiger charge is -2.39. The van der Waals surface area contributed by atoms with Gasteiger partial charge in [-0.05, 0) is 73.9 Å². The molecule has 0 amide bonds. The topological polar surface area (TPSA) is 49.7 Å². The lowest BCUT2D eigenvalue weighted by Crippen LogP contribution is -2.46.